The van der Waals surface area contributed by atoms with Crippen LogP contribution in [-0.4, -0.2) is 166 Å². The zero-order valence-electron chi connectivity index (χ0n) is 37.3. The molecule has 1 saturated heterocycles. The normalized spacial score (nSPS) is 17.1. The number of amides is 10. The Morgan fingerprint density at radius 3 is 1.55 bits per heavy atom. The summed E-state index contributed by atoms with van der Waals surface area (Å²) in [5, 5.41) is 45.6. The van der Waals surface area contributed by atoms with E-state index in [1.165, 1.54) is 6.92 Å². The summed E-state index contributed by atoms with van der Waals surface area (Å²) < 4.78 is 0. The summed E-state index contributed by atoms with van der Waals surface area (Å²) in [6.45, 7) is 4.57. The van der Waals surface area contributed by atoms with Gasteiger partial charge < -0.3 is 80.4 Å². The lowest BCUT2D eigenvalue weighted by molar-refractivity contribution is -0.143. The van der Waals surface area contributed by atoms with Gasteiger partial charge in [-0.05, 0) is 77.7 Å². The first-order valence-corrected chi connectivity index (χ1v) is 21.4. The maximum atomic E-state index is 13.7. The molecule has 26 nitrogen and oxygen atoms in total. The van der Waals surface area contributed by atoms with Crippen molar-refractivity contribution in [2.24, 2.45) is 28.9 Å². The average molecular weight is 929 g/mol. The minimum Gasteiger partial charge on any atom is -0.480 e. The van der Waals surface area contributed by atoms with Crippen LogP contribution < -0.4 is 60.2 Å². The van der Waals surface area contributed by atoms with Crippen molar-refractivity contribution in [3.05, 3.63) is 0 Å². The number of carboxylic acids is 1. The Bertz CT molecular complexity index is 1700. The van der Waals surface area contributed by atoms with Gasteiger partial charge in [-0.1, -0.05) is 13.8 Å². The second kappa shape index (κ2) is 28.7. The molecule has 26 heteroatoms. The fraction of sp³-hybridized carbons (Fsp3) is 0.718. The fourth-order valence-corrected chi connectivity index (χ4v) is 6.51. The van der Waals surface area contributed by atoms with Crippen molar-refractivity contribution < 1.29 is 68.1 Å². The number of carbonyl (C=O) groups is 11. The van der Waals surface area contributed by atoms with E-state index in [1.807, 2.05) is 13.8 Å². The number of carboxylic acid groups (broad SMARTS) is 1. The lowest BCUT2D eigenvalue weighted by Gasteiger charge is -2.30. The molecule has 0 unspecified atom stereocenters. The van der Waals surface area contributed by atoms with Crippen molar-refractivity contribution in [3.8, 4) is 0 Å². The van der Waals surface area contributed by atoms with Gasteiger partial charge in [0.05, 0.1) is 19.3 Å². The van der Waals surface area contributed by atoms with Crippen LogP contribution in [0.1, 0.15) is 91.9 Å². The van der Waals surface area contributed by atoms with Gasteiger partial charge in [-0.25, -0.2) is 0 Å². The Morgan fingerprint density at radius 1 is 0.600 bits per heavy atom. The molecule has 65 heavy (non-hydrogen) atoms. The van der Waals surface area contributed by atoms with Crippen molar-refractivity contribution >= 4 is 65.0 Å². The van der Waals surface area contributed by atoms with Gasteiger partial charge in [-0.3, -0.25) is 52.7 Å². The predicted octanol–water partition coefficient (Wildman–Crippen LogP) is -6.49. The Labute approximate surface area is 376 Å². The van der Waals surface area contributed by atoms with Gasteiger partial charge in [0.2, 0.25) is 59.1 Å². The van der Waals surface area contributed by atoms with Crippen molar-refractivity contribution in [1.29, 1.82) is 0 Å². The number of rotatable bonds is 30. The highest BCUT2D eigenvalue weighted by molar-refractivity contribution is 5.98. The number of hydrogen-bond acceptors (Lipinski definition) is 15. The lowest BCUT2D eigenvalue weighted by atomic mass is 10.0. The molecular weight excluding hydrogens is 860 g/mol. The van der Waals surface area contributed by atoms with Crippen LogP contribution in [0.15, 0.2) is 0 Å². The summed E-state index contributed by atoms with van der Waals surface area (Å²) >= 11 is 0. The molecule has 1 aliphatic heterocycles. The molecule has 0 aromatic rings. The molecule has 0 aromatic heterocycles. The van der Waals surface area contributed by atoms with Crippen LogP contribution in [0.3, 0.4) is 0 Å². The molecule has 10 amide bonds. The third kappa shape index (κ3) is 20.2. The maximum absolute atomic E-state index is 13.7. The standard InChI is InChI=1S/C39H68N12O14/c1-19(2)16-22(41)32(57)49-26(17-52)36(61)50-27(18-53)38(63)51-15-7-9-28(51)37(62)48-23(8-5-6-14-40)33(58)44-20(3)31(56)46-25(11-13-30(43)55)35(60)47-24(10-12-29(42)54)34(59)45-21(4)39(64)65/h19-28,52-53H,5-18,40-41H2,1-4H3,(H2,42,54)(H2,43,55)(H,44,58)(H,45,59)(H,46,56)(H,47,60)(H,48,62)(H,49,57)(H,50,61)(H,64,65)/t20-,21-,22-,23-,24-,25-,26-,27-,28-/m0/s1. The number of nitrogens with zero attached hydrogens (tertiary/aromatic N) is 1. The average Bonchev–Trinajstić information content (AvgIpc) is 3.73. The van der Waals surface area contributed by atoms with Crippen LogP contribution in [0.5, 0.6) is 0 Å². The molecule has 0 bridgehead atoms. The van der Waals surface area contributed by atoms with Gasteiger partial charge in [-0.2, -0.15) is 0 Å². The molecular formula is C39H68N12O14. The number of nitrogens with one attached hydrogen (secondary N) is 7. The number of likely N-dealkylation sites (tertiary alicyclic amines) is 1. The van der Waals surface area contributed by atoms with Gasteiger partial charge in [0.1, 0.15) is 48.3 Å². The van der Waals surface area contributed by atoms with Crippen molar-refractivity contribution in [2.75, 3.05) is 26.3 Å². The predicted molar refractivity (Wildman–Crippen MR) is 229 cm³/mol. The van der Waals surface area contributed by atoms with E-state index in [9.17, 15) is 68.1 Å². The molecule has 0 spiro atoms. The smallest absolute Gasteiger partial charge is 0.325 e. The zero-order valence-corrected chi connectivity index (χ0v) is 37.3. The lowest BCUT2D eigenvalue weighted by Crippen LogP contribution is -2.60. The highest BCUT2D eigenvalue weighted by atomic mass is 16.4. The number of hydrogen-bond donors (Lipinski definition) is 14. The van der Waals surface area contributed by atoms with Gasteiger partial charge in [0.15, 0.2) is 0 Å². The van der Waals surface area contributed by atoms with Crippen LogP contribution in [0.4, 0.5) is 0 Å². The second-order valence-corrected chi connectivity index (χ2v) is 16.2. The topological polar surface area (TPSA) is 440 Å². The molecule has 0 radical (unpaired) electrons. The molecule has 9 atom stereocenters. The first-order chi connectivity index (χ1) is 30.5. The number of aliphatic hydroxyl groups excluding tert-OH is 2. The monoisotopic (exact) mass is 928 g/mol. The van der Waals surface area contributed by atoms with Gasteiger partial charge in [0, 0.05) is 19.4 Å². The van der Waals surface area contributed by atoms with Crippen molar-refractivity contribution in [1.82, 2.24) is 42.1 Å². The van der Waals surface area contributed by atoms with E-state index in [1.54, 1.807) is 0 Å². The highest BCUT2D eigenvalue weighted by Gasteiger charge is 2.40. The highest BCUT2D eigenvalue weighted by Crippen LogP contribution is 2.19. The number of aliphatic hydroxyl groups is 2. The van der Waals surface area contributed by atoms with E-state index < -0.39 is 145 Å². The Balaban J connectivity index is 3.17. The summed E-state index contributed by atoms with van der Waals surface area (Å²) in [6.07, 6.45) is -0.0409. The summed E-state index contributed by atoms with van der Waals surface area (Å²) in [7, 11) is 0. The van der Waals surface area contributed by atoms with E-state index in [2.05, 4.69) is 37.2 Å². The van der Waals surface area contributed by atoms with E-state index in [4.69, 9.17) is 22.9 Å². The molecule has 18 N–H and O–H groups in total. The molecule has 368 valence electrons. The number of carbonyl (C=O) groups excluding carboxylic acids is 10. The molecule has 0 saturated carbocycles. The van der Waals surface area contributed by atoms with E-state index in [-0.39, 0.29) is 44.7 Å². The fourth-order valence-electron chi connectivity index (χ4n) is 6.51. The molecule has 0 aromatic carbocycles. The van der Waals surface area contributed by atoms with Crippen LogP contribution in [0.2, 0.25) is 0 Å². The van der Waals surface area contributed by atoms with Crippen molar-refractivity contribution in [2.45, 2.75) is 146 Å². The van der Waals surface area contributed by atoms with E-state index in [0.29, 0.717) is 25.7 Å². The van der Waals surface area contributed by atoms with Gasteiger partial charge in [-0.15, -0.1) is 0 Å². The molecule has 1 aliphatic rings. The van der Waals surface area contributed by atoms with Gasteiger partial charge >= 0.3 is 5.97 Å². The summed E-state index contributed by atoms with van der Waals surface area (Å²) in [5.41, 5.74) is 22.0. The Kier molecular flexibility index (Phi) is 25.2. The van der Waals surface area contributed by atoms with E-state index >= 15 is 0 Å². The largest absolute Gasteiger partial charge is 0.480 e. The molecule has 1 fully saturated rings. The summed E-state index contributed by atoms with van der Waals surface area (Å²) in [5.74, 6) is -10.2. The maximum Gasteiger partial charge on any atom is 0.325 e. The minimum atomic E-state index is -1.60. The first kappa shape index (κ1) is 57.0. The number of nitrogens with two attached hydrogens (primary N) is 4. The number of primary amides is 2. The van der Waals surface area contributed by atoms with Crippen LogP contribution in [0, 0.1) is 5.92 Å². The summed E-state index contributed by atoms with van der Waals surface area (Å²) in [6, 6.07) is -12.4. The number of aliphatic carboxylic acids is 1. The Morgan fingerprint density at radius 2 is 1.06 bits per heavy atom. The molecule has 1 rings (SSSR count). The quantitative estimate of drug-likeness (QED) is 0.0298. The Hall–Kier alpha value is -5.99. The van der Waals surface area contributed by atoms with Crippen molar-refractivity contribution in [3.63, 3.8) is 0 Å². The SMILES string of the molecule is CC(C)C[C@H](N)C(=O)N[C@@H](CO)C(=O)N[C@@H](CO)C(=O)N1CCC[C@H]1C(=O)N[C@@H](CCCCN)C(=O)N[C@@H](C)C(=O)N[C@@H](CCC(N)=O)C(=O)N[C@@H](CCC(N)=O)C(=O)N[C@@H](C)C(=O)O. The third-order valence-corrected chi connectivity index (χ3v) is 10.2. The second-order valence-electron chi connectivity index (χ2n) is 16.2. The van der Waals surface area contributed by atoms with Crippen LogP contribution in [-0.2, 0) is 52.7 Å². The van der Waals surface area contributed by atoms with E-state index in [0.717, 1.165) is 11.8 Å². The zero-order chi connectivity index (χ0) is 49.6. The van der Waals surface area contributed by atoms with Crippen LogP contribution >= 0.6 is 0 Å². The first-order valence-electron chi connectivity index (χ1n) is 21.4. The van der Waals surface area contributed by atoms with Gasteiger partial charge in [0.25, 0.3) is 0 Å². The number of unbranched alkanes of at least 4 members (excludes halogenated alkanes) is 1. The molecule has 0 aliphatic carbocycles. The minimum absolute atomic E-state index is 0.0209. The summed E-state index contributed by atoms with van der Waals surface area (Å²) in [4.78, 5) is 142. The van der Waals surface area contributed by atoms with Crippen LogP contribution in [0.25, 0.3) is 0 Å². The third-order valence-electron chi connectivity index (χ3n) is 10.2. The molecule has 1 heterocycles.